The fourth-order valence-corrected chi connectivity index (χ4v) is 2.27. The molecule has 0 spiro atoms. The van der Waals surface area contributed by atoms with Crippen LogP contribution in [0.3, 0.4) is 0 Å². The molecule has 0 atom stereocenters. The highest BCUT2D eigenvalue weighted by Gasteiger charge is 2.09. The highest BCUT2D eigenvalue weighted by Crippen LogP contribution is 2.06. The third-order valence-corrected chi connectivity index (χ3v) is 4.27. The standard InChI is InChI=1S/C14H20N2O4S/c1-15-21(19,20)11-10-16-14(18)9-5-8-13(17)12-6-3-2-4-7-12/h2-4,6-7,15H,5,8-11H2,1H3,(H,16,18). The van der Waals surface area contributed by atoms with Gasteiger partial charge in [0.15, 0.2) is 5.78 Å². The molecule has 116 valence electrons. The normalized spacial score (nSPS) is 11.1. The van der Waals surface area contributed by atoms with Crippen molar-refractivity contribution in [3.05, 3.63) is 35.9 Å². The second-order valence-electron chi connectivity index (χ2n) is 4.52. The molecular weight excluding hydrogens is 292 g/mol. The zero-order valence-electron chi connectivity index (χ0n) is 12.0. The summed E-state index contributed by atoms with van der Waals surface area (Å²) in [5, 5.41) is 2.52. The van der Waals surface area contributed by atoms with Gasteiger partial charge in [-0.05, 0) is 13.5 Å². The molecule has 0 aliphatic carbocycles. The lowest BCUT2D eigenvalue weighted by Crippen LogP contribution is -2.32. The smallest absolute Gasteiger partial charge is 0.220 e. The van der Waals surface area contributed by atoms with Crippen molar-refractivity contribution >= 4 is 21.7 Å². The molecule has 0 saturated heterocycles. The zero-order valence-corrected chi connectivity index (χ0v) is 12.8. The van der Waals surface area contributed by atoms with Crippen molar-refractivity contribution in [1.82, 2.24) is 10.0 Å². The first-order valence-electron chi connectivity index (χ1n) is 6.71. The molecule has 1 aromatic carbocycles. The number of carbonyl (C=O) groups excluding carboxylic acids is 2. The van der Waals surface area contributed by atoms with Crippen LogP contribution in [-0.2, 0) is 14.8 Å². The Morgan fingerprint density at radius 1 is 1.10 bits per heavy atom. The van der Waals surface area contributed by atoms with E-state index in [1.807, 2.05) is 6.07 Å². The summed E-state index contributed by atoms with van der Waals surface area (Å²) < 4.78 is 24.4. The Labute approximate surface area is 125 Å². The van der Waals surface area contributed by atoms with Crippen molar-refractivity contribution in [2.24, 2.45) is 0 Å². The summed E-state index contributed by atoms with van der Waals surface area (Å²) in [6.07, 6.45) is 0.947. The van der Waals surface area contributed by atoms with E-state index in [9.17, 15) is 18.0 Å². The van der Waals surface area contributed by atoms with Gasteiger partial charge >= 0.3 is 0 Å². The van der Waals surface area contributed by atoms with Crippen LogP contribution in [0.2, 0.25) is 0 Å². The molecule has 0 unspecified atom stereocenters. The van der Waals surface area contributed by atoms with Gasteiger partial charge in [0.25, 0.3) is 0 Å². The number of hydrogen-bond acceptors (Lipinski definition) is 4. The molecule has 21 heavy (non-hydrogen) atoms. The number of sulfonamides is 1. The maximum Gasteiger partial charge on any atom is 0.220 e. The van der Waals surface area contributed by atoms with E-state index in [0.29, 0.717) is 18.4 Å². The van der Waals surface area contributed by atoms with E-state index < -0.39 is 10.0 Å². The number of amides is 1. The van der Waals surface area contributed by atoms with Crippen LogP contribution in [0.1, 0.15) is 29.6 Å². The summed E-state index contributed by atoms with van der Waals surface area (Å²) in [6, 6.07) is 8.91. The Hall–Kier alpha value is -1.73. The molecule has 6 nitrogen and oxygen atoms in total. The van der Waals surface area contributed by atoms with E-state index in [-0.39, 0.29) is 30.4 Å². The lowest BCUT2D eigenvalue weighted by Gasteiger charge is -2.05. The van der Waals surface area contributed by atoms with Crippen LogP contribution in [0, 0.1) is 0 Å². The summed E-state index contributed by atoms with van der Waals surface area (Å²) in [5.74, 6) is -0.401. The maximum atomic E-state index is 11.8. The molecule has 2 N–H and O–H groups in total. The minimum atomic E-state index is -3.30. The highest BCUT2D eigenvalue weighted by atomic mass is 32.2. The van der Waals surface area contributed by atoms with Gasteiger partial charge in [0.2, 0.25) is 15.9 Å². The van der Waals surface area contributed by atoms with Crippen molar-refractivity contribution in [3.63, 3.8) is 0 Å². The van der Waals surface area contributed by atoms with Crippen LogP contribution in [0.15, 0.2) is 30.3 Å². The second kappa shape index (κ2) is 8.53. The SMILES string of the molecule is CNS(=O)(=O)CCNC(=O)CCCC(=O)c1ccccc1. The molecule has 1 rings (SSSR count). The van der Waals surface area contributed by atoms with Crippen LogP contribution < -0.4 is 10.0 Å². The molecule has 0 heterocycles. The van der Waals surface area contributed by atoms with Crippen molar-refractivity contribution in [2.75, 3.05) is 19.3 Å². The van der Waals surface area contributed by atoms with Gasteiger partial charge in [-0.15, -0.1) is 0 Å². The molecular formula is C14H20N2O4S. The van der Waals surface area contributed by atoms with E-state index >= 15 is 0 Å². The van der Waals surface area contributed by atoms with Crippen molar-refractivity contribution < 1.29 is 18.0 Å². The second-order valence-corrected chi connectivity index (χ2v) is 6.56. The summed E-state index contributed by atoms with van der Waals surface area (Å²) in [5.41, 5.74) is 0.637. The fraction of sp³-hybridized carbons (Fsp3) is 0.429. The summed E-state index contributed by atoms with van der Waals surface area (Å²) in [4.78, 5) is 23.3. The van der Waals surface area contributed by atoms with Crippen LogP contribution in [0.5, 0.6) is 0 Å². The molecule has 0 fully saturated rings. The maximum absolute atomic E-state index is 11.8. The third kappa shape index (κ3) is 7.01. The minimum Gasteiger partial charge on any atom is -0.355 e. The average Bonchev–Trinajstić information content (AvgIpc) is 2.48. The number of hydrogen-bond donors (Lipinski definition) is 2. The first kappa shape index (κ1) is 17.3. The third-order valence-electron chi connectivity index (χ3n) is 2.91. The Kier molecular flexibility index (Phi) is 7.04. The summed E-state index contributed by atoms with van der Waals surface area (Å²) in [7, 11) is -1.98. The van der Waals surface area contributed by atoms with Gasteiger partial charge in [0.1, 0.15) is 0 Å². The van der Waals surface area contributed by atoms with Crippen LogP contribution in [0.4, 0.5) is 0 Å². The first-order valence-corrected chi connectivity index (χ1v) is 8.36. The molecule has 7 heteroatoms. The Morgan fingerprint density at radius 2 is 1.76 bits per heavy atom. The minimum absolute atomic E-state index is 0.00107. The lowest BCUT2D eigenvalue weighted by molar-refractivity contribution is -0.121. The first-order chi connectivity index (χ1) is 9.94. The van der Waals surface area contributed by atoms with Crippen molar-refractivity contribution in [1.29, 1.82) is 0 Å². The Balaban J connectivity index is 2.21. The molecule has 1 aromatic rings. The molecule has 0 aliphatic heterocycles. The van der Waals surface area contributed by atoms with Gasteiger partial charge in [-0.3, -0.25) is 9.59 Å². The number of ketones is 1. The molecule has 1 amide bonds. The van der Waals surface area contributed by atoms with E-state index in [2.05, 4.69) is 10.0 Å². The summed E-state index contributed by atoms with van der Waals surface area (Å²) in [6.45, 7) is 0.0641. The fourth-order valence-electron chi connectivity index (χ4n) is 1.69. The lowest BCUT2D eigenvalue weighted by atomic mass is 10.1. The van der Waals surface area contributed by atoms with Gasteiger partial charge in [-0.1, -0.05) is 30.3 Å². The van der Waals surface area contributed by atoms with Crippen LogP contribution in [-0.4, -0.2) is 39.5 Å². The predicted octanol–water partition coefficient (Wildman–Crippen LogP) is 0.705. The number of benzene rings is 1. The highest BCUT2D eigenvalue weighted by molar-refractivity contribution is 7.89. The van der Waals surface area contributed by atoms with Gasteiger partial charge in [0, 0.05) is 24.9 Å². The van der Waals surface area contributed by atoms with Crippen LogP contribution in [0.25, 0.3) is 0 Å². The van der Waals surface area contributed by atoms with E-state index in [1.165, 1.54) is 7.05 Å². The number of Topliss-reactive ketones (excluding diaryl/α,β-unsaturated/α-hetero) is 1. The van der Waals surface area contributed by atoms with Crippen LogP contribution >= 0.6 is 0 Å². The largest absolute Gasteiger partial charge is 0.355 e. The number of carbonyl (C=O) groups is 2. The monoisotopic (exact) mass is 312 g/mol. The molecule has 0 bridgehead atoms. The number of rotatable bonds is 9. The van der Waals surface area contributed by atoms with E-state index in [4.69, 9.17) is 0 Å². The van der Waals surface area contributed by atoms with Crippen molar-refractivity contribution in [2.45, 2.75) is 19.3 Å². The van der Waals surface area contributed by atoms with Gasteiger partial charge in [0.05, 0.1) is 5.75 Å². The Morgan fingerprint density at radius 3 is 2.38 bits per heavy atom. The molecule has 0 radical (unpaired) electrons. The van der Waals surface area contributed by atoms with Gasteiger partial charge in [-0.25, -0.2) is 13.1 Å². The van der Waals surface area contributed by atoms with Gasteiger partial charge < -0.3 is 5.32 Å². The molecule has 0 aliphatic rings. The average molecular weight is 312 g/mol. The molecule has 0 saturated carbocycles. The zero-order chi connectivity index (χ0) is 15.7. The topological polar surface area (TPSA) is 92.3 Å². The van der Waals surface area contributed by atoms with Gasteiger partial charge in [-0.2, -0.15) is 0 Å². The van der Waals surface area contributed by atoms with E-state index in [1.54, 1.807) is 24.3 Å². The molecule has 0 aromatic heterocycles. The summed E-state index contributed by atoms with van der Waals surface area (Å²) >= 11 is 0. The predicted molar refractivity (Wildman–Crippen MR) is 80.5 cm³/mol. The van der Waals surface area contributed by atoms with E-state index in [0.717, 1.165) is 0 Å². The Bertz CT molecular complexity index is 570. The van der Waals surface area contributed by atoms with Crippen molar-refractivity contribution in [3.8, 4) is 0 Å². The quantitative estimate of drug-likeness (QED) is 0.657. The number of nitrogens with one attached hydrogen (secondary N) is 2.